The maximum absolute atomic E-state index is 5.68. The average molecular weight is 328 g/mol. The monoisotopic (exact) mass is 327 g/mol. The summed E-state index contributed by atoms with van der Waals surface area (Å²) in [5.74, 6) is 0.571. The van der Waals surface area contributed by atoms with E-state index in [4.69, 9.17) is 9.47 Å². The molecule has 2 fully saturated rings. The van der Waals surface area contributed by atoms with Crippen molar-refractivity contribution in [2.24, 2.45) is 5.92 Å². The molecule has 3 rings (SSSR count). The molecular weight excluding hydrogens is 310 g/mol. The number of halogens is 1. The van der Waals surface area contributed by atoms with E-state index >= 15 is 0 Å². The van der Waals surface area contributed by atoms with Gasteiger partial charge in [0.25, 0.3) is 0 Å². The Morgan fingerprint density at radius 2 is 2.16 bits per heavy atom. The van der Waals surface area contributed by atoms with Crippen molar-refractivity contribution >= 4 is 15.9 Å². The van der Waals surface area contributed by atoms with Crippen LogP contribution in [0.15, 0.2) is 16.9 Å². The number of ether oxygens (including phenoxy) is 2. The van der Waals surface area contributed by atoms with Gasteiger partial charge in [0, 0.05) is 24.9 Å². The summed E-state index contributed by atoms with van der Waals surface area (Å²) in [4.78, 5) is 10.8. The highest BCUT2D eigenvalue weighted by molar-refractivity contribution is 9.10. The first kappa shape index (κ1) is 13.3. The summed E-state index contributed by atoms with van der Waals surface area (Å²) in [6, 6.07) is 1.10. The molecule has 2 aliphatic rings. The number of likely N-dealkylation sites (tertiary alicyclic amines) is 1. The number of nitrogens with zero attached hydrogens (tertiary/aromatic N) is 3. The molecule has 0 spiro atoms. The highest BCUT2D eigenvalue weighted by Crippen LogP contribution is 2.22. The van der Waals surface area contributed by atoms with E-state index in [-0.39, 0.29) is 0 Å². The van der Waals surface area contributed by atoms with Gasteiger partial charge in [0.15, 0.2) is 0 Å². The molecule has 19 heavy (non-hydrogen) atoms. The van der Waals surface area contributed by atoms with Crippen molar-refractivity contribution in [2.75, 3.05) is 32.9 Å². The Morgan fingerprint density at radius 3 is 2.84 bits per heavy atom. The number of piperidine rings is 1. The van der Waals surface area contributed by atoms with Gasteiger partial charge in [0.2, 0.25) is 0 Å². The first-order valence-corrected chi connectivity index (χ1v) is 7.52. The zero-order valence-corrected chi connectivity index (χ0v) is 12.4. The van der Waals surface area contributed by atoms with Crippen LogP contribution < -0.4 is 4.74 Å². The van der Waals surface area contributed by atoms with E-state index in [2.05, 4.69) is 30.8 Å². The topological polar surface area (TPSA) is 47.5 Å². The van der Waals surface area contributed by atoms with Crippen molar-refractivity contribution in [3.8, 4) is 6.01 Å². The molecule has 0 aromatic carbocycles. The summed E-state index contributed by atoms with van der Waals surface area (Å²) in [6.45, 7) is 4.78. The molecule has 0 amide bonds. The van der Waals surface area contributed by atoms with E-state index in [1.165, 1.54) is 19.4 Å². The number of hydrogen-bond donors (Lipinski definition) is 0. The van der Waals surface area contributed by atoms with Crippen LogP contribution in [0, 0.1) is 5.92 Å². The molecule has 3 heterocycles. The molecule has 5 nitrogen and oxygen atoms in total. The third-order valence-electron chi connectivity index (χ3n) is 3.73. The van der Waals surface area contributed by atoms with Crippen molar-refractivity contribution < 1.29 is 9.47 Å². The molecule has 0 N–H and O–H groups in total. The summed E-state index contributed by atoms with van der Waals surface area (Å²) < 4.78 is 11.8. The van der Waals surface area contributed by atoms with E-state index < -0.39 is 0 Å². The fourth-order valence-corrected chi connectivity index (χ4v) is 2.77. The molecule has 0 saturated carbocycles. The van der Waals surface area contributed by atoms with Gasteiger partial charge in [-0.2, -0.15) is 0 Å². The standard InChI is InChI=1S/C13H18BrN3O2/c14-11-4-15-13(16-5-11)19-7-10-2-1-3-17(6-10)12-8-18-9-12/h4-5,10,12H,1-3,6-9H2. The fourth-order valence-electron chi connectivity index (χ4n) is 2.57. The summed E-state index contributed by atoms with van der Waals surface area (Å²) in [5, 5.41) is 0. The van der Waals surface area contributed by atoms with E-state index in [1.54, 1.807) is 12.4 Å². The van der Waals surface area contributed by atoms with Crippen molar-refractivity contribution in [1.29, 1.82) is 0 Å². The maximum atomic E-state index is 5.68. The van der Waals surface area contributed by atoms with Crippen molar-refractivity contribution in [1.82, 2.24) is 14.9 Å². The van der Waals surface area contributed by atoms with Crippen molar-refractivity contribution in [3.05, 3.63) is 16.9 Å². The molecule has 0 radical (unpaired) electrons. The molecule has 1 unspecified atom stereocenters. The van der Waals surface area contributed by atoms with Crippen molar-refractivity contribution in [2.45, 2.75) is 18.9 Å². The summed E-state index contributed by atoms with van der Waals surface area (Å²) in [5.41, 5.74) is 0. The minimum absolute atomic E-state index is 0.465. The van der Waals surface area contributed by atoms with Gasteiger partial charge in [-0.1, -0.05) is 0 Å². The summed E-state index contributed by atoms with van der Waals surface area (Å²) >= 11 is 3.31. The third kappa shape index (κ3) is 3.43. The number of hydrogen-bond acceptors (Lipinski definition) is 5. The molecular formula is C13H18BrN3O2. The second-order valence-corrected chi connectivity index (χ2v) is 6.11. The van der Waals surface area contributed by atoms with Gasteiger partial charge in [0.05, 0.1) is 30.3 Å². The minimum atomic E-state index is 0.465. The zero-order chi connectivity index (χ0) is 13.1. The van der Waals surface area contributed by atoms with Crippen LogP contribution in [0.25, 0.3) is 0 Å². The average Bonchev–Trinajstić information content (AvgIpc) is 2.37. The lowest BCUT2D eigenvalue weighted by molar-refractivity contribution is -0.0784. The molecule has 1 aromatic rings. The second kappa shape index (κ2) is 6.15. The van der Waals surface area contributed by atoms with Gasteiger partial charge in [-0.25, -0.2) is 9.97 Å². The van der Waals surface area contributed by atoms with Gasteiger partial charge in [-0.05, 0) is 35.3 Å². The minimum Gasteiger partial charge on any atom is -0.463 e. The predicted molar refractivity (Wildman–Crippen MR) is 74.1 cm³/mol. The molecule has 2 aliphatic heterocycles. The van der Waals surface area contributed by atoms with Crippen LogP contribution in [-0.2, 0) is 4.74 Å². The number of aromatic nitrogens is 2. The SMILES string of the molecule is Brc1cnc(OCC2CCCN(C3COC3)C2)nc1. The largest absolute Gasteiger partial charge is 0.463 e. The molecule has 1 atom stereocenters. The molecule has 6 heteroatoms. The van der Waals surface area contributed by atoms with Gasteiger partial charge in [0.1, 0.15) is 0 Å². The summed E-state index contributed by atoms with van der Waals surface area (Å²) in [7, 11) is 0. The molecule has 0 bridgehead atoms. The van der Waals surface area contributed by atoms with E-state index in [0.717, 1.165) is 24.2 Å². The lowest BCUT2D eigenvalue weighted by atomic mass is 9.97. The number of rotatable bonds is 4. The van der Waals surface area contributed by atoms with Crippen LogP contribution in [0.3, 0.4) is 0 Å². The highest BCUT2D eigenvalue weighted by atomic mass is 79.9. The molecule has 2 saturated heterocycles. The van der Waals surface area contributed by atoms with Gasteiger partial charge >= 0.3 is 6.01 Å². The normalized spacial score (nSPS) is 25.0. The Kier molecular flexibility index (Phi) is 4.30. The van der Waals surface area contributed by atoms with Crippen molar-refractivity contribution in [3.63, 3.8) is 0 Å². The Morgan fingerprint density at radius 1 is 1.37 bits per heavy atom. The lowest BCUT2D eigenvalue weighted by Gasteiger charge is -2.41. The Bertz CT molecular complexity index is 411. The Labute approximate surface area is 121 Å². The van der Waals surface area contributed by atoms with E-state index in [0.29, 0.717) is 24.6 Å². The maximum Gasteiger partial charge on any atom is 0.316 e. The van der Waals surface area contributed by atoms with E-state index in [9.17, 15) is 0 Å². The van der Waals surface area contributed by atoms with Crippen LogP contribution in [0.4, 0.5) is 0 Å². The van der Waals surface area contributed by atoms with Crippen LogP contribution in [0.1, 0.15) is 12.8 Å². The Hall–Kier alpha value is -0.720. The lowest BCUT2D eigenvalue weighted by Crippen LogP contribution is -2.53. The van der Waals surface area contributed by atoms with Gasteiger partial charge in [-0.15, -0.1) is 0 Å². The smallest absolute Gasteiger partial charge is 0.316 e. The first-order chi connectivity index (χ1) is 9.31. The summed E-state index contributed by atoms with van der Waals surface area (Å²) in [6.07, 6.45) is 5.88. The second-order valence-electron chi connectivity index (χ2n) is 5.19. The van der Waals surface area contributed by atoms with Crippen LogP contribution in [0.2, 0.25) is 0 Å². The quantitative estimate of drug-likeness (QED) is 0.842. The van der Waals surface area contributed by atoms with Crippen LogP contribution in [0.5, 0.6) is 6.01 Å². The van der Waals surface area contributed by atoms with E-state index in [1.807, 2.05) is 0 Å². The molecule has 104 valence electrons. The highest BCUT2D eigenvalue weighted by Gasteiger charge is 2.30. The van der Waals surface area contributed by atoms with Gasteiger partial charge in [-0.3, -0.25) is 4.90 Å². The Balaban J connectivity index is 1.47. The zero-order valence-electron chi connectivity index (χ0n) is 10.8. The third-order valence-corrected chi connectivity index (χ3v) is 4.14. The molecule has 1 aromatic heterocycles. The van der Waals surface area contributed by atoms with Gasteiger partial charge < -0.3 is 9.47 Å². The van der Waals surface area contributed by atoms with Crippen LogP contribution >= 0.6 is 15.9 Å². The predicted octanol–water partition coefficient (Wildman–Crippen LogP) is 1.73. The first-order valence-electron chi connectivity index (χ1n) is 6.73. The van der Waals surface area contributed by atoms with Crippen LogP contribution in [-0.4, -0.2) is 53.8 Å². The fraction of sp³-hybridized carbons (Fsp3) is 0.692. The molecule has 0 aliphatic carbocycles.